The third-order valence-electron chi connectivity index (χ3n) is 2.51. The van der Waals surface area contributed by atoms with Crippen LogP contribution >= 0.6 is 11.3 Å². The molecule has 2 N–H and O–H groups in total. The van der Waals surface area contributed by atoms with Crippen molar-refractivity contribution in [1.29, 1.82) is 0 Å². The van der Waals surface area contributed by atoms with Gasteiger partial charge in [0.15, 0.2) is 0 Å². The minimum Gasteiger partial charge on any atom is -0.477 e. The number of sulfonamides is 1. The molecule has 8 heteroatoms. The summed E-state index contributed by atoms with van der Waals surface area (Å²) >= 11 is 0.894. The lowest BCUT2D eigenvalue weighted by molar-refractivity contribution is 0.0698. The minimum atomic E-state index is -3.77. The maximum absolute atomic E-state index is 11.9. The number of carbonyl (C=O) groups is 1. The molecule has 0 bridgehead atoms. The van der Waals surface area contributed by atoms with Gasteiger partial charge in [0.25, 0.3) is 0 Å². The largest absolute Gasteiger partial charge is 0.477 e. The predicted molar refractivity (Wildman–Crippen MR) is 76.8 cm³/mol. The lowest BCUT2D eigenvalue weighted by Crippen LogP contribution is -2.26. The summed E-state index contributed by atoms with van der Waals surface area (Å²) in [6.45, 7) is 3.45. The van der Waals surface area contributed by atoms with E-state index in [9.17, 15) is 13.2 Å². The van der Waals surface area contributed by atoms with Crippen LogP contribution in [0.25, 0.3) is 0 Å². The second-order valence-electron chi connectivity index (χ2n) is 4.14. The summed E-state index contributed by atoms with van der Waals surface area (Å²) < 4.78 is 31.6. The molecule has 0 aliphatic heterocycles. The fraction of sp³-hybridized carbons (Fsp3) is 0.583. The number of rotatable bonds is 10. The smallest absolute Gasteiger partial charge is 0.347 e. The van der Waals surface area contributed by atoms with E-state index in [1.54, 1.807) is 0 Å². The summed E-state index contributed by atoms with van der Waals surface area (Å²) in [4.78, 5) is 10.6. The first-order valence-corrected chi connectivity index (χ1v) is 8.73. The molecule has 0 aliphatic rings. The number of hydrogen-bond acceptors (Lipinski definition) is 5. The number of unbranched alkanes of at least 4 members (excludes halogenated alkanes) is 1. The zero-order valence-corrected chi connectivity index (χ0v) is 12.9. The van der Waals surface area contributed by atoms with E-state index < -0.39 is 16.0 Å². The number of nitrogens with one attached hydrogen (secondary N) is 1. The number of ether oxygens (including phenoxy) is 1. The van der Waals surface area contributed by atoms with Gasteiger partial charge >= 0.3 is 5.97 Å². The first kappa shape index (κ1) is 17.1. The number of aromatic carboxylic acids is 1. The molecule has 0 amide bonds. The average Bonchev–Trinajstić information content (AvgIpc) is 2.88. The lowest BCUT2D eigenvalue weighted by atomic mass is 10.4. The Bertz CT molecular complexity index is 524. The van der Waals surface area contributed by atoms with Crippen molar-refractivity contribution in [2.75, 3.05) is 19.8 Å². The van der Waals surface area contributed by atoms with Crippen LogP contribution in [0.15, 0.2) is 16.3 Å². The molecule has 1 aromatic heterocycles. The standard InChI is InChI=1S/C12H19NO5S2/c1-2-3-7-18-8-4-6-13-20(16,17)10-5-9-19-11(10)12(14)15/h5,9,13H,2-4,6-8H2,1H3,(H,14,15). The Morgan fingerprint density at radius 1 is 1.40 bits per heavy atom. The van der Waals surface area contributed by atoms with Gasteiger partial charge in [-0.25, -0.2) is 17.9 Å². The van der Waals surface area contributed by atoms with Gasteiger partial charge < -0.3 is 9.84 Å². The van der Waals surface area contributed by atoms with Crippen LogP contribution in [0, 0.1) is 0 Å². The van der Waals surface area contributed by atoms with E-state index in [0.29, 0.717) is 19.6 Å². The zero-order chi connectivity index (χ0) is 15.0. The van der Waals surface area contributed by atoms with Crippen LogP contribution in [0.4, 0.5) is 0 Å². The topological polar surface area (TPSA) is 92.7 Å². The van der Waals surface area contributed by atoms with Gasteiger partial charge in [-0.15, -0.1) is 11.3 Å². The number of carboxylic acid groups (broad SMARTS) is 1. The van der Waals surface area contributed by atoms with Crippen molar-refractivity contribution in [3.63, 3.8) is 0 Å². The highest BCUT2D eigenvalue weighted by molar-refractivity contribution is 7.89. The highest BCUT2D eigenvalue weighted by atomic mass is 32.2. The van der Waals surface area contributed by atoms with Gasteiger partial charge in [0.2, 0.25) is 10.0 Å². The SMILES string of the molecule is CCCCOCCCNS(=O)(=O)c1ccsc1C(=O)O. The molecule has 0 spiro atoms. The van der Waals surface area contributed by atoms with Gasteiger partial charge in [-0.3, -0.25) is 0 Å². The molecule has 20 heavy (non-hydrogen) atoms. The summed E-state index contributed by atoms with van der Waals surface area (Å²) in [6.07, 6.45) is 2.60. The minimum absolute atomic E-state index is 0.170. The molecule has 1 aromatic rings. The van der Waals surface area contributed by atoms with E-state index in [1.165, 1.54) is 11.4 Å². The van der Waals surface area contributed by atoms with Crippen molar-refractivity contribution in [3.8, 4) is 0 Å². The van der Waals surface area contributed by atoms with Crippen molar-refractivity contribution >= 4 is 27.3 Å². The Kier molecular flexibility index (Phi) is 7.14. The summed E-state index contributed by atoms with van der Waals surface area (Å²) in [6, 6.07) is 1.30. The third-order valence-corrected chi connectivity index (χ3v) is 5.05. The molecule has 0 unspecified atom stereocenters. The van der Waals surface area contributed by atoms with Crippen LogP contribution in [0.5, 0.6) is 0 Å². The van der Waals surface area contributed by atoms with E-state index in [1.807, 2.05) is 0 Å². The van der Waals surface area contributed by atoms with Crippen LogP contribution in [-0.2, 0) is 14.8 Å². The summed E-state index contributed by atoms with van der Waals surface area (Å²) in [7, 11) is -3.77. The van der Waals surface area contributed by atoms with Gasteiger partial charge in [0.05, 0.1) is 0 Å². The molecule has 114 valence electrons. The number of thiophene rings is 1. The maximum Gasteiger partial charge on any atom is 0.347 e. The highest BCUT2D eigenvalue weighted by Crippen LogP contribution is 2.21. The molecule has 0 aliphatic carbocycles. The van der Waals surface area contributed by atoms with Crippen molar-refractivity contribution < 1.29 is 23.1 Å². The fourth-order valence-corrected chi connectivity index (χ4v) is 3.80. The molecule has 0 radical (unpaired) electrons. The van der Waals surface area contributed by atoms with Crippen LogP contribution < -0.4 is 4.72 Å². The molecular weight excluding hydrogens is 302 g/mol. The van der Waals surface area contributed by atoms with Gasteiger partial charge in [0, 0.05) is 19.8 Å². The van der Waals surface area contributed by atoms with E-state index >= 15 is 0 Å². The van der Waals surface area contributed by atoms with Crippen LogP contribution in [-0.4, -0.2) is 39.3 Å². The maximum atomic E-state index is 11.9. The Morgan fingerprint density at radius 3 is 2.75 bits per heavy atom. The second kappa shape index (κ2) is 8.35. The van der Waals surface area contributed by atoms with E-state index in [-0.39, 0.29) is 16.3 Å². The predicted octanol–water partition coefficient (Wildman–Crippen LogP) is 1.93. The number of hydrogen-bond donors (Lipinski definition) is 2. The van der Waals surface area contributed by atoms with Gasteiger partial charge in [0.1, 0.15) is 9.77 Å². The molecule has 6 nitrogen and oxygen atoms in total. The summed E-state index contributed by atoms with van der Waals surface area (Å²) in [5, 5.41) is 10.4. The van der Waals surface area contributed by atoms with Gasteiger partial charge in [-0.1, -0.05) is 13.3 Å². The molecule has 1 rings (SSSR count). The molecule has 0 fully saturated rings. The Hall–Kier alpha value is -0.960. The number of carboxylic acids is 1. The summed E-state index contributed by atoms with van der Waals surface area (Å²) in [5.41, 5.74) is 0. The van der Waals surface area contributed by atoms with Crippen molar-refractivity contribution in [1.82, 2.24) is 4.72 Å². The Morgan fingerprint density at radius 2 is 2.10 bits per heavy atom. The first-order chi connectivity index (χ1) is 9.49. The van der Waals surface area contributed by atoms with E-state index in [0.717, 1.165) is 24.2 Å². The molecule has 0 saturated carbocycles. The molecule has 1 heterocycles. The Labute approximate surface area is 122 Å². The van der Waals surface area contributed by atoms with Gasteiger partial charge in [-0.05, 0) is 24.3 Å². The third kappa shape index (κ3) is 5.20. The molecule has 0 aromatic carbocycles. The van der Waals surface area contributed by atoms with Crippen molar-refractivity contribution in [3.05, 3.63) is 16.3 Å². The second-order valence-corrected chi connectivity index (χ2v) is 6.79. The van der Waals surface area contributed by atoms with Crippen LogP contribution in [0.3, 0.4) is 0 Å². The van der Waals surface area contributed by atoms with E-state index in [2.05, 4.69) is 11.6 Å². The van der Waals surface area contributed by atoms with E-state index in [4.69, 9.17) is 9.84 Å². The Balaban J connectivity index is 2.42. The fourth-order valence-electron chi connectivity index (χ4n) is 1.47. The molecule has 0 saturated heterocycles. The quantitative estimate of drug-likeness (QED) is 0.642. The normalized spacial score (nSPS) is 11.7. The summed E-state index contributed by atoms with van der Waals surface area (Å²) in [5.74, 6) is -1.23. The van der Waals surface area contributed by atoms with Gasteiger partial charge in [-0.2, -0.15) is 0 Å². The lowest BCUT2D eigenvalue weighted by Gasteiger charge is -2.06. The zero-order valence-electron chi connectivity index (χ0n) is 11.3. The molecule has 0 atom stereocenters. The molecular formula is C12H19NO5S2. The average molecular weight is 321 g/mol. The monoisotopic (exact) mass is 321 g/mol. The highest BCUT2D eigenvalue weighted by Gasteiger charge is 2.23. The van der Waals surface area contributed by atoms with Crippen molar-refractivity contribution in [2.24, 2.45) is 0 Å². The first-order valence-electron chi connectivity index (χ1n) is 6.37. The van der Waals surface area contributed by atoms with Crippen LogP contribution in [0.1, 0.15) is 35.9 Å². The van der Waals surface area contributed by atoms with Crippen LogP contribution in [0.2, 0.25) is 0 Å². The van der Waals surface area contributed by atoms with Crippen molar-refractivity contribution in [2.45, 2.75) is 31.1 Å².